The minimum Gasteiger partial charge on any atom is -0.497 e. The summed E-state index contributed by atoms with van der Waals surface area (Å²) in [5.41, 5.74) is 1.19. The number of benzene rings is 3. The molecular formula is C24H13Br2Cl2NO5. The van der Waals surface area contributed by atoms with Gasteiger partial charge in [0.05, 0.1) is 22.2 Å². The van der Waals surface area contributed by atoms with E-state index in [1.165, 1.54) is 24.3 Å². The van der Waals surface area contributed by atoms with E-state index in [9.17, 15) is 9.59 Å². The Labute approximate surface area is 221 Å². The lowest BCUT2D eigenvalue weighted by Gasteiger charge is -2.12. The Morgan fingerprint density at radius 1 is 1.06 bits per heavy atom. The van der Waals surface area contributed by atoms with Gasteiger partial charge in [0.1, 0.15) is 5.75 Å². The molecule has 0 saturated heterocycles. The van der Waals surface area contributed by atoms with Gasteiger partial charge in [-0.1, -0.05) is 39.1 Å². The van der Waals surface area contributed by atoms with Crippen molar-refractivity contribution >= 4 is 79.0 Å². The van der Waals surface area contributed by atoms with E-state index in [0.717, 1.165) is 0 Å². The summed E-state index contributed by atoms with van der Waals surface area (Å²) in [4.78, 5) is 29.6. The molecule has 0 spiro atoms. The molecule has 0 aromatic heterocycles. The third-order valence-electron chi connectivity index (χ3n) is 4.63. The number of carbonyl (C=O) groups is 2. The third-order valence-corrected chi connectivity index (χ3v) is 6.23. The number of rotatable bonds is 5. The van der Waals surface area contributed by atoms with Gasteiger partial charge in [-0.25, -0.2) is 14.6 Å². The molecule has 10 heteroatoms. The number of nitrogens with zero attached hydrogens (tertiary/aromatic N) is 1. The molecule has 3 aromatic carbocycles. The van der Waals surface area contributed by atoms with Gasteiger partial charge in [-0.05, 0) is 76.6 Å². The molecule has 0 atom stereocenters. The molecule has 0 saturated carbocycles. The van der Waals surface area contributed by atoms with Crippen LogP contribution in [0.5, 0.6) is 11.5 Å². The Morgan fingerprint density at radius 2 is 1.79 bits per heavy atom. The average molecular weight is 626 g/mol. The molecular weight excluding hydrogens is 613 g/mol. The Hall–Kier alpha value is -2.65. The zero-order valence-electron chi connectivity index (χ0n) is 17.3. The molecule has 34 heavy (non-hydrogen) atoms. The van der Waals surface area contributed by atoms with Gasteiger partial charge in [0.15, 0.2) is 11.4 Å². The lowest BCUT2D eigenvalue weighted by Crippen LogP contribution is -2.10. The van der Waals surface area contributed by atoms with Crippen LogP contribution in [0.15, 0.2) is 74.2 Å². The minimum absolute atomic E-state index is 0.0395. The predicted octanol–water partition coefficient (Wildman–Crippen LogP) is 7.09. The fourth-order valence-electron chi connectivity index (χ4n) is 3.01. The van der Waals surface area contributed by atoms with Crippen molar-refractivity contribution in [1.82, 2.24) is 0 Å². The first-order chi connectivity index (χ1) is 16.2. The van der Waals surface area contributed by atoms with Gasteiger partial charge in [-0.15, -0.1) is 0 Å². The van der Waals surface area contributed by atoms with Crippen molar-refractivity contribution in [3.05, 3.63) is 96.0 Å². The second kappa shape index (κ2) is 10.3. The van der Waals surface area contributed by atoms with Crippen LogP contribution in [0, 0.1) is 0 Å². The van der Waals surface area contributed by atoms with Crippen molar-refractivity contribution in [1.29, 1.82) is 0 Å². The Balaban J connectivity index is 1.69. The summed E-state index contributed by atoms with van der Waals surface area (Å²) >= 11 is 18.9. The van der Waals surface area contributed by atoms with Crippen molar-refractivity contribution in [2.75, 3.05) is 7.11 Å². The summed E-state index contributed by atoms with van der Waals surface area (Å²) in [5.74, 6) is -0.344. The number of hydrogen-bond acceptors (Lipinski definition) is 6. The van der Waals surface area contributed by atoms with Crippen molar-refractivity contribution in [2.24, 2.45) is 4.99 Å². The van der Waals surface area contributed by atoms with Crippen molar-refractivity contribution in [3.8, 4) is 11.5 Å². The number of halogens is 4. The standard InChI is InChI=1S/C24H13Br2Cl2NO5/c1-32-16-5-2-12(3-6-16)22-29-20(24(31)34-22)9-13-8-14(25)10-18(26)21(13)33-23(30)17-7-4-15(27)11-19(17)28/h2-11H,1H3/b20-9-. The molecule has 1 aliphatic rings. The highest BCUT2D eigenvalue weighted by molar-refractivity contribution is 9.11. The topological polar surface area (TPSA) is 74.2 Å². The van der Waals surface area contributed by atoms with E-state index in [0.29, 0.717) is 30.8 Å². The molecule has 0 fully saturated rings. The van der Waals surface area contributed by atoms with E-state index in [-0.39, 0.29) is 27.9 Å². The van der Waals surface area contributed by atoms with Gasteiger partial charge in [0.25, 0.3) is 0 Å². The number of hydrogen-bond donors (Lipinski definition) is 0. The molecule has 0 unspecified atom stereocenters. The maximum atomic E-state index is 12.8. The fraction of sp³-hybridized carbons (Fsp3) is 0.0417. The van der Waals surface area contributed by atoms with Crippen LogP contribution in [0.2, 0.25) is 10.0 Å². The van der Waals surface area contributed by atoms with E-state index in [1.807, 2.05) is 0 Å². The monoisotopic (exact) mass is 623 g/mol. The summed E-state index contributed by atoms with van der Waals surface area (Å²) < 4.78 is 17.2. The SMILES string of the molecule is COc1ccc(C2=N/C(=C\c3cc(Br)cc(Br)c3OC(=O)c3ccc(Cl)cc3Cl)C(=O)O2)cc1. The van der Waals surface area contributed by atoms with E-state index >= 15 is 0 Å². The van der Waals surface area contributed by atoms with E-state index in [2.05, 4.69) is 36.9 Å². The maximum absolute atomic E-state index is 12.8. The van der Waals surface area contributed by atoms with Crippen LogP contribution in [-0.2, 0) is 9.53 Å². The lowest BCUT2D eigenvalue weighted by molar-refractivity contribution is -0.129. The lowest BCUT2D eigenvalue weighted by atomic mass is 10.1. The van der Waals surface area contributed by atoms with Gasteiger partial charge >= 0.3 is 11.9 Å². The number of methoxy groups -OCH3 is 1. The van der Waals surface area contributed by atoms with E-state index in [4.69, 9.17) is 37.4 Å². The molecule has 0 radical (unpaired) electrons. The summed E-state index contributed by atoms with van der Waals surface area (Å²) in [7, 11) is 1.56. The molecule has 1 aliphatic heterocycles. The first-order valence-corrected chi connectivity index (χ1v) is 11.9. The van der Waals surface area contributed by atoms with Crippen LogP contribution < -0.4 is 9.47 Å². The number of ether oxygens (including phenoxy) is 3. The Bertz CT molecular complexity index is 1370. The normalized spacial score (nSPS) is 14.1. The summed E-state index contributed by atoms with van der Waals surface area (Å²) in [6.07, 6.45) is 1.47. The zero-order chi connectivity index (χ0) is 24.4. The smallest absolute Gasteiger partial charge is 0.363 e. The highest BCUT2D eigenvalue weighted by Crippen LogP contribution is 2.36. The first kappa shape index (κ1) is 24.5. The van der Waals surface area contributed by atoms with Crippen LogP contribution in [0.3, 0.4) is 0 Å². The van der Waals surface area contributed by atoms with Crippen molar-refractivity contribution in [3.63, 3.8) is 0 Å². The quantitative estimate of drug-likeness (QED) is 0.172. The largest absolute Gasteiger partial charge is 0.497 e. The molecule has 0 bridgehead atoms. The number of carbonyl (C=O) groups excluding carboxylic acids is 2. The molecule has 0 aliphatic carbocycles. The predicted molar refractivity (Wildman–Crippen MR) is 137 cm³/mol. The van der Waals surface area contributed by atoms with E-state index in [1.54, 1.807) is 43.5 Å². The molecule has 172 valence electrons. The van der Waals surface area contributed by atoms with Crippen LogP contribution in [0.25, 0.3) is 6.08 Å². The summed E-state index contributed by atoms with van der Waals surface area (Å²) in [5, 5.41) is 0.542. The second-order valence-corrected chi connectivity index (χ2v) is 9.50. The third kappa shape index (κ3) is 5.36. The van der Waals surface area contributed by atoms with Gasteiger partial charge in [0.2, 0.25) is 5.90 Å². The van der Waals surface area contributed by atoms with Crippen LogP contribution in [0.4, 0.5) is 0 Å². The number of cyclic esters (lactones) is 1. The number of aliphatic imine (C=N–C) groups is 1. The average Bonchev–Trinajstić information content (AvgIpc) is 3.16. The van der Waals surface area contributed by atoms with Crippen LogP contribution in [0.1, 0.15) is 21.5 Å². The van der Waals surface area contributed by atoms with Gasteiger partial charge < -0.3 is 14.2 Å². The molecule has 6 nitrogen and oxygen atoms in total. The van der Waals surface area contributed by atoms with Crippen LogP contribution in [-0.4, -0.2) is 24.9 Å². The van der Waals surface area contributed by atoms with Crippen molar-refractivity contribution < 1.29 is 23.8 Å². The van der Waals surface area contributed by atoms with Gasteiger partial charge in [0, 0.05) is 20.6 Å². The van der Waals surface area contributed by atoms with E-state index < -0.39 is 11.9 Å². The summed E-state index contributed by atoms with van der Waals surface area (Å²) in [6, 6.07) is 14.8. The highest BCUT2D eigenvalue weighted by Gasteiger charge is 2.26. The Morgan fingerprint density at radius 3 is 2.47 bits per heavy atom. The molecule has 1 heterocycles. The maximum Gasteiger partial charge on any atom is 0.363 e. The van der Waals surface area contributed by atoms with Crippen molar-refractivity contribution in [2.45, 2.75) is 0 Å². The molecule has 0 amide bonds. The highest BCUT2D eigenvalue weighted by atomic mass is 79.9. The first-order valence-electron chi connectivity index (χ1n) is 9.58. The number of esters is 2. The Kier molecular flexibility index (Phi) is 7.42. The molecule has 0 N–H and O–H groups in total. The summed E-state index contributed by atoms with van der Waals surface area (Å²) in [6.45, 7) is 0. The van der Waals surface area contributed by atoms with Gasteiger partial charge in [-0.2, -0.15) is 0 Å². The molecule has 3 aromatic rings. The fourth-order valence-corrected chi connectivity index (χ4v) is 4.84. The minimum atomic E-state index is -0.694. The zero-order valence-corrected chi connectivity index (χ0v) is 22.0. The van der Waals surface area contributed by atoms with Crippen LogP contribution >= 0.6 is 55.1 Å². The second-order valence-electron chi connectivity index (χ2n) is 6.88. The van der Waals surface area contributed by atoms with Gasteiger partial charge in [-0.3, -0.25) is 0 Å². The molecule has 4 rings (SSSR count).